The van der Waals surface area contributed by atoms with Crippen LogP contribution in [0.3, 0.4) is 0 Å². The molecule has 1 saturated heterocycles. The molecule has 1 heterocycles. The van der Waals surface area contributed by atoms with Crippen LogP contribution in [-0.4, -0.2) is 42.0 Å². The first-order valence-electron chi connectivity index (χ1n) is 8.65. The zero-order valence-electron chi connectivity index (χ0n) is 14.8. The summed E-state index contributed by atoms with van der Waals surface area (Å²) >= 11 is 0. The molecule has 0 spiro atoms. The van der Waals surface area contributed by atoms with Crippen LogP contribution in [0.2, 0.25) is 0 Å². The number of nitrogens with zero attached hydrogens (tertiary/aromatic N) is 1. The zero-order valence-corrected chi connectivity index (χ0v) is 14.8. The van der Waals surface area contributed by atoms with Crippen LogP contribution in [0.5, 0.6) is 0 Å². The van der Waals surface area contributed by atoms with Crippen LogP contribution in [0.1, 0.15) is 60.3 Å². The van der Waals surface area contributed by atoms with Gasteiger partial charge < -0.3 is 15.5 Å². The third kappa shape index (κ3) is 6.67. The van der Waals surface area contributed by atoms with E-state index in [0.29, 0.717) is 12.5 Å². The van der Waals surface area contributed by atoms with E-state index < -0.39 is 0 Å². The molecule has 128 valence electrons. The molecule has 0 aromatic carbocycles. The van der Waals surface area contributed by atoms with Crippen LogP contribution in [0.25, 0.3) is 0 Å². The van der Waals surface area contributed by atoms with Crippen molar-refractivity contribution in [3.8, 4) is 0 Å². The Labute approximate surface area is 135 Å². The third-order valence-electron chi connectivity index (χ3n) is 4.06. The van der Waals surface area contributed by atoms with E-state index in [2.05, 4.69) is 31.4 Å². The average Bonchev–Trinajstić information content (AvgIpc) is 2.44. The molecule has 2 unspecified atom stereocenters. The lowest BCUT2D eigenvalue weighted by atomic mass is 9.96. The summed E-state index contributed by atoms with van der Waals surface area (Å²) in [6, 6.07) is 0.271. The highest BCUT2D eigenvalue weighted by Gasteiger charge is 2.29. The van der Waals surface area contributed by atoms with Crippen molar-refractivity contribution in [1.82, 2.24) is 15.5 Å². The first kappa shape index (κ1) is 18.8. The fourth-order valence-corrected chi connectivity index (χ4v) is 2.73. The molecule has 1 aliphatic heterocycles. The largest absolute Gasteiger partial charge is 0.353 e. The Kier molecular flexibility index (Phi) is 7.69. The van der Waals surface area contributed by atoms with E-state index in [1.165, 1.54) is 0 Å². The maximum Gasteiger partial charge on any atom is 0.317 e. The summed E-state index contributed by atoms with van der Waals surface area (Å²) in [6.45, 7) is 11.6. The van der Waals surface area contributed by atoms with Crippen molar-refractivity contribution in [2.24, 2.45) is 11.8 Å². The van der Waals surface area contributed by atoms with Gasteiger partial charge in [-0.25, -0.2) is 4.79 Å². The molecule has 5 nitrogen and oxygen atoms in total. The molecular weight excluding hydrogens is 278 g/mol. The standard InChI is InChI=1S/C17H33N3O2/c1-12(2)8-9-14(5)19-16(21)15-7-6-10-20(11-15)17(22)18-13(3)4/h12-15H,6-11H2,1-5H3,(H,18,22)(H,19,21). The molecule has 1 fully saturated rings. The Balaban J connectivity index is 2.43. The van der Waals surface area contributed by atoms with Gasteiger partial charge in [0.05, 0.1) is 5.92 Å². The minimum Gasteiger partial charge on any atom is -0.353 e. The monoisotopic (exact) mass is 311 g/mol. The van der Waals surface area contributed by atoms with Crippen molar-refractivity contribution in [2.45, 2.75) is 72.4 Å². The van der Waals surface area contributed by atoms with E-state index in [0.717, 1.165) is 32.2 Å². The molecule has 2 N–H and O–H groups in total. The van der Waals surface area contributed by atoms with E-state index in [9.17, 15) is 9.59 Å². The minimum atomic E-state index is -0.0758. The smallest absolute Gasteiger partial charge is 0.317 e. The van der Waals surface area contributed by atoms with Gasteiger partial charge >= 0.3 is 6.03 Å². The van der Waals surface area contributed by atoms with Crippen LogP contribution < -0.4 is 10.6 Å². The highest BCUT2D eigenvalue weighted by atomic mass is 16.2. The maximum atomic E-state index is 12.4. The Morgan fingerprint density at radius 2 is 1.77 bits per heavy atom. The predicted octanol–water partition coefficient (Wildman–Crippen LogP) is 2.76. The summed E-state index contributed by atoms with van der Waals surface area (Å²) < 4.78 is 0. The summed E-state index contributed by atoms with van der Waals surface area (Å²) in [5.74, 6) is 0.677. The van der Waals surface area contributed by atoms with Crippen LogP contribution in [0.15, 0.2) is 0 Å². The number of nitrogens with one attached hydrogen (secondary N) is 2. The van der Waals surface area contributed by atoms with Crippen LogP contribution >= 0.6 is 0 Å². The molecule has 0 aromatic rings. The lowest BCUT2D eigenvalue weighted by Gasteiger charge is -2.33. The second kappa shape index (κ2) is 9.01. The molecule has 0 saturated carbocycles. The van der Waals surface area contributed by atoms with Crippen molar-refractivity contribution in [3.05, 3.63) is 0 Å². The number of piperidine rings is 1. The SMILES string of the molecule is CC(C)CCC(C)NC(=O)C1CCCN(C(=O)NC(C)C)C1. The number of hydrogen-bond acceptors (Lipinski definition) is 2. The summed E-state index contributed by atoms with van der Waals surface area (Å²) in [6.07, 6.45) is 3.89. The number of urea groups is 1. The van der Waals surface area contributed by atoms with Gasteiger partial charge in [-0.1, -0.05) is 13.8 Å². The second-order valence-corrected chi connectivity index (χ2v) is 7.27. The summed E-state index contributed by atoms with van der Waals surface area (Å²) in [7, 11) is 0. The van der Waals surface area contributed by atoms with Gasteiger partial charge in [-0.2, -0.15) is 0 Å². The Bertz CT molecular complexity index is 369. The van der Waals surface area contributed by atoms with E-state index in [1.54, 1.807) is 4.90 Å². The fraction of sp³-hybridized carbons (Fsp3) is 0.882. The second-order valence-electron chi connectivity index (χ2n) is 7.27. The first-order valence-corrected chi connectivity index (χ1v) is 8.65. The van der Waals surface area contributed by atoms with E-state index in [4.69, 9.17) is 0 Å². The molecular formula is C17H33N3O2. The molecule has 0 bridgehead atoms. The number of carbonyl (C=O) groups is 2. The van der Waals surface area contributed by atoms with Crippen LogP contribution in [0, 0.1) is 11.8 Å². The number of rotatable bonds is 6. The molecule has 0 aliphatic carbocycles. The van der Waals surface area contributed by atoms with Gasteiger partial charge in [0.15, 0.2) is 0 Å². The van der Waals surface area contributed by atoms with Crippen molar-refractivity contribution in [1.29, 1.82) is 0 Å². The quantitative estimate of drug-likeness (QED) is 0.792. The van der Waals surface area contributed by atoms with E-state index in [-0.39, 0.29) is 29.9 Å². The summed E-state index contributed by atoms with van der Waals surface area (Å²) in [4.78, 5) is 26.2. The molecule has 3 amide bonds. The van der Waals surface area contributed by atoms with Gasteiger partial charge in [0.2, 0.25) is 5.91 Å². The number of carbonyl (C=O) groups excluding carboxylic acids is 2. The molecule has 5 heteroatoms. The first-order chi connectivity index (χ1) is 10.3. The topological polar surface area (TPSA) is 61.4 Å². The van der Waals surface area contributed by atoms with Crippen molar-refractivity contribution >= 4 is 11.9 Å². The number of likely N-dealkylation sites (tertiary alicyclic amines) is 1. The van der Waals surface area contributed by atoms with Gasteiger partial charge in [-0.05, 0) is 52.4 Å². The lowest BCUT2D eigenvalue weighted by Crippen LogP contribution is -2.51. The molecule has 2 atom stereocenters. The maximum absolute atomic E-state index is 12.4. The van der Waals surface area contributed by atoms with E-state index >= 15 is 0 Å². The lowest BCUT2D eigenvalue weighted by molar-refractivity contribution is -0.126. The Morgan fingerprint density at radius 3 is 2.36 bits per heavy atom. The van der Waals surface area contributed by atoms with Gasteiger partial charge in [0.1, 0.15) is 0 Å². The summed E-state index contributed by atoms with van der Waals surface area (Å²) in [5, 5.41) is 6.01. The molecule has 0 aromatic heterocycles. The Morgan fingerprint density at radius 1 is 1.09 bits per heavy atom. The van der Waals surface area contributed by atoms with Gasteiger partial charge in [-0.15, -0.1) is 0 Å². The third-order valence-corrected chi connectivity index (χ3v) is 4.06. The minimum absolute atomic E-state index is 0.0552. The van der Waals surface area contributed by atoms with Crippen molar-refractivity contribution < 1.29 is 9.59 Å². The molecule has 1 rings (SSSR count). The highest BCUT2D eigenvalue weighted by Crippen LogP contribution is 2.17. The number of hydrogen-bond donors (Lipinski definition) is 2. The normalized spacial score (nSPS) is 20.1. The van der Waals surface area contributed by atoms with Gasteiger partial charge in [-0.3, -0.25) is 4.79 Å². The fourth-order valence-electron chi connectivity index (χ4n) is 2.73. The molecule has 1 aliphatic rings. The zero-order chi connectivity index (χ0) is 16.7. The average molecular weight is 311 g/mol. The van der Waals surface area contributed by atoms with Crippen LogP contribution in [-0.2, 0) is 4.79 Å². The van der Waals surface area contributed by atoms with Crippen molar-refractivity contribution in [2.75, 3.05) is 13.1 Å². The van der Waals surface area contributed by atoms with Crippen LogP contribution in [0.4, 0.5) is 4.79 Å². The van der Waals surface area contributed by atoms with E-state index in [1.807, 2.05) is 13.8 Å². The Hall–Kier alpha value is -1.26. The molecule has 0 radical (unpaired) electrons. The number of amides is 3. The predicted molar refractivity (Wildman–Crippen MR) is 89.6 cm³/mol. The van der Waals surface area contributed by atoms with Gasteiger partial charge in [0, 0.05) is 25.2 Å². The molecule has 22 heavy (non-hydrogen) atoms. The van der Waals surface area contributed by atoms with Crippen molar-refractivity contribution in [3.63, 3.8) is 0 Å². The highest BCUT2D eigenvalue weighted by molar-refractivity contribution is 5.81. The summed E-state index contributed by atoms with van der Waals surface area (Å²) in [5.41, 5.74) is 0. The van der Waals surface area contributed by atoms with Gasteiger partial charge in [0.25, 0.3) is 0 Å².